The average Bonchev–Trinajstić information content (AvgIpc) is 3.17. The molecule has 0 fully saturated rings. The number of sulfone groups is 1. The summed E-state index contributed by atoms with van der Waals surface area (Å²) in [6, 6.07) is 8.23. The van der Waals surface area contributed by atoms with Crippen LogP contribution in [0.3, 0.4) is 0 Å². The largest absolute Gasteiger partial charge is 0.468 e. The molecular formula is C19H24N2O6S. The highest BCUT2D eigenvalue weighted by atomic mass is 32.2. The third-order valence-corrected chi connectivity index (χ3v) is 6.33. The predicted octanol–water partition coefficient (Wildman–Crippen LogP) is 1.29. The monoisotopic (exact) mass is 408 g/mol. The van der Waals surface area contributed by atoms with E-state index in [0.717, 1.165) is 5.56 Å². The summed E-state index contributed by atoms with van der Waals surface area (Å²) in [5, 5.41) is 3.59. The van der Waals surface area contributed by atoms with Gasteiger partial charge in [-0.2, -0.15) is 0 Å². The molecule has 0 unspecified atom stereocenters. The first kappa shape index (κ1) is 21.6. The molecule has 2 N–H and O–H groups in total. The van der Waals surface area contributed by atoms with Crippen LogP contribution in [0, 0.1) is 13.8 Å². The lowest BCUT2D eigenvalue weighted by Gasteiger charge is -2.18. The molecule has 1 aromatic carbocycles. The van der Waals surface area contributed by atoms with Gasteiger partial charge >= 0.3 is 11.8 Å². The van der Waals surface area contributed by atoms with Crippen molar-refractivity contribution in [3.05, 3.63) is 53.5 Å². The molecule has 0 aliphatic rings. The van der Waals surface area contributed by atoms with Crippen molar-refractivity contribution in [2.24, 2.45) is 0 Å². The molecule has 0 aliphatic carbocycles. The normalized spacial score (nSPS) is 12.4. The first-order valence-corrected chi connectivity index (χ1v) is 10.2. The highest BCUT2D eigenvalue weighted by Gasteiger charge is 2.33. The second kappa shape index (κ2) is 9.52. The molecule has 0 bridgehead atoms. The fourth-order valence-electron chi connectivity index (χ4n) is 2.62. The molecular weight excluding hydrogens is 384 g/mol. The zero-order chi connectivity index (χ0) is 20.7. The number of benzene rings is 1. The Kier molecular flexibility index (Phi) is 7.36. The number of amides is 2. The Morgan fingerprint density at radius 3 is 2.50 bits per heavy atom. The molecule has 0 aliphatic heterocycles. The van der Waals surface area contributed by atoms with Crippen LogP contribution in [0.15, 0.2) is 45.9 Å². The van der Waals surface area contributed by atoms with Gasteiger partial charge in [0.15, 0.2) is 9.84 Å². The number of methoxy groups -OCH3 is 1. The van der Waals surface area contributed by atoms with Gasteiger partial charge in [0.1, 0.15) is 11.0 Å². The third kappa shape index (κ3) is 5.20. The zero-order valence-electron chi connectivity index (χ0n) is 16.0. The van der Waals surface area contributed by atoms with E-state index in [4.69, 9.17) is 9.15 Å². The summed E-state index contributed by atoms with van der Waals surface area (Å²) in [6.45, 7) is 3.62. The van der Waals surface area contributed by atoms with Gasteiger partial charge in [0.05, 0.1) is 17.8 Å². The van der Waals surface area contributed by atoms with E-state index in [9.17, 15) is 18.0 Å². The van der Waals surface area contributed by atoms with Crippen molar-refractivity contribution in [3.8, 4) is 0 Å². The van der Waals surface area contributed by atoms with Gasteiger partial charge < -0.3 is 19.8 Å². The number of furan rings is 1. The van der Waals surface area contributed by atoms with Gasteiger partial charge in [-0.3, -0.25) is 9.59 Å². The van der Waals surface area contributed by atoms with Gasteiger partial charge in [-0.25, -0.2) is 8.42 Å². The molecule has 1 heterocycles. The molecule has 28 heavy (non-hydrogen) atoms. The van der Waals surface area contributed by atoms with E-state index in [1.807, 2.05) is 6.07 Å². The van der Waals surface area contributed by atoms with E-state index < -0.39 is 26.9 Å². The third-order valence-electron chi connectivity index (χ3n) is 4.13. The minimum absolute atomic E-state index is 0.160. The van der Waals surface area contributed by atoms with E-state index in [2.05, 4.69) is 10.6 Å². The van der Waals surface area contributed by atoms with E-state index in [1.165, 1.54) is 19.4 Å². The van der Waals surface area contributed by atoms with Crippen LogP contribution in [-0.2, 0) is 24.2 Å². The standard InChI is InChI=1S/C19H24N2O6S/c1-13-6-7-14(2)16(11-13)28(24,25)17(15-5-4-9-27-15)12-21-19(23)18(22)20-8-10-26-3/h4-7,9,11,17H,8,10,12H2,1-3H3,(H,20,22)(H,21,23)/t17-/m0/s1. The van der Waals surface area contributed by atoms with Crippen molar-refractivity contribution < 1.29 is 27.2 Å². The van der Waals surface area contributed by atoms with Gasteiger partial charge in [-0.15, -0.1) is 0 Å². The average molecular weight is 408 g/mol. The zero-order valence-corrected chi connectivity index (χ0v) is 16.8. The van der Waals surface area contributed by atoms with Crippen LogP contribution in [0.25, 0.3) is 0 Å². The van der Waals surface area contributed by atoms with Crippen molar-refractivity contribution in [1.82, 2.24) is 10.6 Å². The molecule has 8 nitrogen and oxygen atoms in total. The number of hydrogen-bond donors (Lipinski definition) is 2. The molecule has 0 radical (unpaired) electrons. The van der Waals surface area contributed by atoms with Crippen molar-refractivity contribution in [3.63, 3.8) is 0 Å². The summed E-state index contributed by atoms with van der Waals surface area (Å²) in [4.78, 5) is 24.0. The highest BCUT2D eigenvalue weighted by Crippen LogP contribution is 2.31. The molecule has 0 saturated carbocycles. The minimum atomic E-state index is -3.88. The van der Waals surface area contributed by atoms with Crippen LogP contribution in [-0.4, -0.2) is 47.0 Å². The van der Waals surface area contributed by atoms with Crippen molar-refractivity contribution in [2.45, 2.75) is 24.0 Å². The summed E-state index contributed by atoms with van der Waals surface area (Å²) in [7, 11) is -2.41. The second-order valence-electron chi connectivity index (χ2n) is 6.28. The quantitative estimate of drug-likeness (QED) is 0.502. The van der Waals surface area contributed by atoms with Crippen LogP contribution in [0.4, 0.5) is 0 Å². The minimum Gasteiger partial charge on any atom is -0.468 e. The maximum Gasteiger partial charge on any atom is 0.309 e. The number of aryl methyl sites for hydroxylation is 2. The number of nitrogens with one attached hydrogen (secondary N) is 2. The molecule has 0 saturated heterocycles. The molecule has 2 amide bonds. The second-order valence-corrected chi connectivity index (χ2v) is 8.38. The van der Waals surface area contributed by atoms with Crippen molar-refractivity contribution >= 4 is 21.7 Å². The van der Waals surface area contributed by atoms with Crippen LogP contribution in [0.2, 0.25) is 0 Å². The van der Waals surface area contributed by atoms with Crippen LogP contribution >= 0.6 is 0 Å². The lowest BCUT2D eigenvalue weighted by Crippen LogP contribution is -2.43. The summed E-state index contributed by atoms with van der Waals surface area (Å²) in [5.41, 5.74) is 1.38. The van der Waals surface area contributed by atoms with E-state index in [1.54, 1.807) is 32.0 Å². The first-order valence-electron chi connectivity index (χ1n) is 8.67. The summed E-state index contributed by atoms with van der Waals surface area (Å²) in [5.74, 6) is -1.61. The molecule has 2 rings (SSSR count). The Hall–Kier alpha value is -2.65. The Morgan fingerprint density at radius 1 is 1.14 bits per heavy atom. The molecule has 9 heteroatoms. The number of hydrogen-bond acceptors (Lipinski definition) is 6. The maximum atomic E-state index is 13.3. The van der Waals surface area contributed by atoms with Crippen molar-refractivity contribution in [1.29, 1.82) is 0 Å². The summed E-state index contributed by atoms with van der Waals surface area (Å²) in [6.07, 6.45) is 1.36. The summed E-state index contributed by atoms with van der Waals surface area (Å²) >= 11 is 0. The SMILES string of the molecule is COCCNC(=O)C(=O)NC[C@@H](c1ccco1)S(=O)(=O)c1cc(C)ccc1C. The van der Waals surface area contributed by atoms with E-state index in [0.29, 0.717) is 5.56 Å². The maximum absolute atomic E-state index is 13.3. The molecule has 1 aromatic heterocycles. The Morgan fingerprint density at radius 2 is 1.86 bits per heavy atom. The van der Waals surface area contributed by atoms with Gasteiger partial charge in [0, 0.05) is 20.2 Å². The van der Waals surface area contributed by atoms with Gasteiger partial charge in [-0.1, -0.05) is 12.1 Å². The highest BCUT2D eigenvalue weighted by molar-refractivity contribution is 7.91. The lowest BCUT2D eigenvalue weighted by atomic mass is 10.2. The predicted molar refractivity (Wildman–Crippen MR) is 102 cm³/mol. The molecule has 2 aromatic rings. The topological polar surface area (TPSA) is 115 Å². The van der Waals surface area contributed by atoms with Gasteiger partial charge in [-0.05, 0) is 43.2 Å². The van der Waals surface area contributed by atoms with Gasteiger partial charge in [0.25, 0.3) is 0 Å². The number of rotatable bonds is 8. The van der Waals surface area contributed by atoms with E-state index >= 15 is 0 Å². The van der Waals surface area contributed by atoms with Crippen LogP contribution < -0.4 is 10.6 Å². The smallest absolute Gasteiger partial charge is 0.309 e. The Bertz CT molecular complexity index is 922. The first-order chi connectivity index (χ1) is 13.3. The fraction of sp³-hybridized carbons (Fsp3) is 0.368. The van der Waals surface area contributed by atoms with Crippen molar-refractivity contribution in [2.75, 3.05) is 26.8 Å². The number of carbonyl (C=O) groups is 2. The molecule has 152 valence electrons. The van der Waals surface area contributed by atoms with Gasteiger partial charge in [0.2, 0.25) is 0 Å². The molecule has 1 atom stereocenters. The number of ether oxygens (including phenoxy) is 1. The summed E-state index contributed by atoms with van der Waals surface area (Å²) < 4.78 is 36.6. The van der Waals surface area contributed by atoms with E-state index in [-0.39, 0.29) is 30.4 Å². The lowest BCUT2D eigenvalue weighted by molar-refractivity contribution is -0.139. The number of carbonyl (C=O) groups excluding carboxylic acids is 2. The van der Waals surface area contributed by atoms with Crippen LogP contribution in [0.5, 0.6) is 0 Å². The Labute approximate surface area is 164 Å². The van der Waals surface area contributed by atoms with Crippen LogP contribution in [0.1, 0.15) is 22.1 Å². The Balaban J connectivity index is 2.23. The molecule has 0 spiro atoms. The fourth-order valence-corrected chi connectivity index (χ4v) is 4.53.